The molecule has 0 saturated carbocycles. The van der Waals surface area contributed by atoms with Gasteiger partial charge >= 0.3 is 5.97 Å². The molecule has 3 rings (SSSR count). The first kappa shape index (κ1) is 19.1. The lowest BCUT2D eigenvalue weighted by Gasteiger charge is -2.16. The van der Waals surface area contributed by atoms with Gasteiger partial charge in [0.05, 0.1) is 12.1 Å². The third kappa shape index (κ3) is 3.57. The van der Waals surface area contributed by atoms with Crippen LogP contribution in [0.3, 0.4) is 0 Å². The summed E-state index contributed by atoms with van der Waals surface area (Å²) in [6.45, 7) is 1.23. The third-order valence-corrected chi connectivity index (χ3v) is 4.42. The monoisotopic (exact) mass is 384 g/mol. The SMILES string of the molecule is Cc1ccccc1Cn1c(=O)c(C(=O)NCC(=O)O)c(O)c2cc(F)ccc21. The van der Waals surface area contributed by atoms with E-state index >= 15 is 0 Å². The predicted octanol–water partition coefficient (Wildman–Crippen LogP) is 2.02. The fourth-order valence-corrected chi connectivity index (χ4v) is 2.98. The standard InChI is InChI=1S/C20H17FN2O5/c1-11-4-2-3-5-12(11)10-23-15-7-6-13(21)8-14(15)18(26)17(20(23)28)19(27)22-9-16(24)25/h2-8,26H,9-10H2,1H3,(H,22,27)(H,24,25). The molecule has 0 aliphatic rings. The van der Waals surface area contributed by atoms with E-state index in [9.17, 15) is 23.9 Å². The fourth-order valence-electron chi connectivity index (χ4n) is 2.98. The molecule has 1 heterocycles. The van der Waals surface area contributed by atoms with Gasteiger partial charge in [-0.25, -0.2) is 4.39 Å². The quantitative estimate of drug-likeness (QED) is 0.624. The summed E-state index contributed by atoms with van der Waals surface area (Å²) in [5.74, 6) is -3.70. The maximum atomic E-state index is 13.7. The van der Waals surface area contributed by atoms with Gasteiger partial charge in [-0.05, 0) is 36.2 Å². The highest BCUT2D eigenvalue weighted by atomic mass is 19.1. The maximum absolute atomic E-state index is 13.7. The Hall–Kier alpha value is -3.68. The van der Waals surface area contributed by atoms with Crippen LogP contribution in [0.25, 0.3) is 10.9 Å². The topological polar surface area (TPSA) is 109 Å². The van der Waals surface area contributed by atoms with Gasteiger partial charge in [0.25, 0.3) is 11.5 Å². The molecular weight excluding hydrogens is 367 g/mol. The summed E-state index contributed by atoms with van der Waals surface area (Å²) < 4.78 is 15.0. The first-order valence-corrected chi connectivity index (χ1v) is 8.39. The van der Waals surface area contributed by atoms with E-state index in [2.05, 4.69) is 5.32 Å². The van der Waals surface area contributed by atoms with E-state index in [4.69, 9.17) is 5.11 Å². The Morgan fingerprint density at radius 1 is 1.18 bits per heavy atom. The van der Waals surface area contributed by atoms with Crippen LogP contribution in [-0.4, -0.2) is 33.2 Å². The molecule has 0 saturated heterocycles. The van der Waals surface area contributed by atoms with Crippen molar-refractivity contribution in [2.75, 3.05) is 6.54 Å². The Balaban J connectivity index is 2.24. The van der Waals surface area contributed by atoms with Crippen molar-refractivity contribution in [3.05, 3.63) is 75.3 Å². The summed E-state index contributed by atoms with van der Waals surface area (Å²) in [4.78, 5) is 36.0. The summed E-state index contributed by atoms with van der Waals surface area (Å²) in [5.41, 5.74) is 0.532. The van der Waals surface area contributed by atoms with Crippen LogP contribution in [0.15, 0.2) is 47.3 Å². The summed E-state index contributed by atoms with van der Waals surface area (Å²) in [7, 11) is 0. The van der Waals surface area contributed by atoms with E-state index in [1.165, 1.54) is 10.6 Å². The van der Waals surface area contributed by atoms with Crippen molar-refractivity contribution in [3.8, 4) is 5.75 Å². The van der Waals surface area contributed by atoms with E-state index < -0.39 is 41.1 Å². The molecule has 0 aliphatic carbocycles. The second-order valence-corrected chi connectivity index (χ2v) is 6.28. The largest absolute Gasteiger partial charge is 0.506 e. The van der Waals surface area contributed by atoms with Crippen molar-refractivity contribution >= 4 is 22.8 Å². The minimum Gasteiger partial charge on any atom is -0.506 e. The average Bonchev–Trinajstić information content (AvgIpc) is 2.65. The number of carboxylic acids is 1. The predicted molar refractivity (Wildman–Crippen MR) is 100 cm³/mol. The lowest BCUT2D eigenvalue weighted by atomic mass is 10.1. The fraction of sp³-hybridized carbons (Fsp3) is 0.150. The lowest BCUT2D eigenvalue weighted by Crippen LogP contribution is -2.36. The number of fused-ring (bicyclic) bond motifs is 1. The molecule has 0 unspecified atom stereocenters. The van der Waals surface area contributed by atoms with Gasteiger partial charge in [-0.2, -0.15) is 0 Å². The van der Waals surface area contributed by atoms with Crippen molar-refractivity contribution in [2.24, 2.45) is 0 Å². The van der Waals surface area contributed by atoms with Crippen LogP contribution in [0.1, 0.15) is 21.5 Å². The molecule has 1 amide bonds. The highest BCUT2D eigenvalue weighted by Crippen LogP contribution is 2.28. The minimum atomic E-state index is -1.31. The lowest BCUT2D eigenvalue weighted by molar-refractivity contribution is -0.135. The number of aromatic nitrogens is 1. The van der Waals surface area contributed by atoms with Gasteiger partial charge < -0.3 is 20.1 Å². The third-order valence-electron chi connectivity index (χ3n) is 4.42. The number of nitrogens with one attached hydrogen (secondary N) is 1. The molecule has 28 heavy (non-hydrogen) atoms. The van der Waals surface area contributed by atoms with E-state index in [0.717, 1.165) is 23.3 Å². The molecule has 0 radical (unpaired) electrons. The minimum absolute atomic E-state index is 0.0198. The molecule has 3 aromatic rings. The number of aromatic hydroxyl groups is 1. The number of benzene rings is 2. The van der Waals surface area contributed by atoms with E-state index in [1.807, 2.05) is 25.1 Å². The van der Waals surface area contributed by atoms with Gasteiger partial charge in [0.15, 0.2) is 0 Å². The molecule has 0 aliphatic heterocycles. The van der Waals surface area contributed by atoms with E-state index in [1.54, 1.807) is 6.07 Å². The maximum Gasteiger partial charge on any atom is 0.322 e. The molecule has 0 bridgehead atoms. The molecule has 1 aromatic heterocycles. The normalized spacial score (nSPS) is 10.8. The van der Waals surface area contributed by atoms with Crippen molar-refractivity contribution in [1.29, 1.82) is 0 Å². The number of pyridine rings is 1. The molecule has 0 spiro atoms. The molecule has 0 atom stereocenters. The van der Waals surface area contributed by atoms with Gasteiger partial charge in [-0.15, -0.1) is 0 Å². The zero-order valence-electron chi connectivity index (χ0n) is 14.9. The van der Waals surface area contributed by atoms with Crippen LogP contribution in [0.4, 0.5) is 4.39 Å². The molecule has 8 heteroatoms. The Labute approximate surface area is 158 Å². The number of carboxylic acid groups (broad SMARTS) is 1. The molecule has 3 N–H and O–H groups in total. The molecule has 0 fully saturated rings. The summed E-state index contributed by atoms with van der Waals surface area (Å²) in [6.07, 6.45) is 0. The number of hydrogen-bond donors (Lipinski definition) is 3. The smallest absolute Gasteiger partial charge is 0.322 e. The first-order valence-electron chi connectivity index (χ1n) is 8.39. The zero-order valence-corrected chi connectivity index (χ0v) is 14.9. The highest BCUT2D eigenvalue weighted by molar-refractivity contribution is 6.03. The van der Waals surface area contributed by atoms with Crippen molar-refractivity contribution in [2.45, 2.75) is 13.5 Å². The molecule has 2 aromatic carbocycles. The van der Waals surface area contributed by atoms with Gasteiger partial charge in [-0.1, -0.05) is 24.3 Å². The van der Waals surface area contributed by atoms with Crippen molar-refractivity contribution in [1.82, 2.24) is 9.88 Å². The van der Waals surface area contributed by atoms with Crippen molar-refractivity contribution < 1.29 is 24.2 Å². The zero-order chi connectivity index (χ0) is 20.4. The number of aryl methyl sites for hydroxylation is 1. The van der Waals surface area contributed by atoms with Gasteiger partial charge in [-0.3, -0.25) is 14.4 Å². The number of rotatable bonds is 5. The van der Waals surface area contributed by atoms with Crippen LogP contribution in [0, 0.1) is 12.7 Å². The average molecular weight is 384 g/mol. The second kappa shape index (κ2) is 7.51. The number of hydrogen-bond acceptors (Lipinski definition) is 4. The Morgan fingerprint density at radius 3 is 2.57 bits per heavy atom. The van der Waals surface area contributed by atoms with Crippen LogP contribution in [-0.2, 0) is 11.3 Å². The summed E-state index contributed by atoms with van der Waals surface area (Å²) in [5, 5.41) is 21.2. The Kier molecular flexibility index (Phi) is 5.12. The van der Waals surface area contributed by atoms with Crippen LogP contribution in [0.5, 0.6) is 5.75 Å². The van der Waals surface area contributed by atoms with E-state index in [-0.39, 0.29) is 17.4 Å². The summed E-state index contributed by atoms with van der Waals surface area (Å²) >= 11 is 0. The Morgan fingerprint density at radius 2 is 1.89 bits per heavy atom. The van der Waals surface area contributed by atoms with Crippen LogP contribution < -0.4 is 10.9 Å². The Bertz CT molecular complexity index is 1150. The first-order chi connectivity index (χ1) is 13.3. The number of amides is 1. The van der Waals surface area contributed by atoms with Crippen molar-refractivity contribution in [3.63, 3.8) is 0 Å². The van der Waals surface area contributed by atoms with Crippen LogP contribution in [0.2, 0.25) is 0 Å². The van der Waals surface area contributed by atoms with Gasteiger partial charge in [0.2, 0.25) is 0 Å². The molecular formula is C20H17FN2O5. The number of nitrogens with zero attached hydrogens (tertiary/aromatic N) is 1. The highest BCUT2D eigenvalue weighted by Gasteiger charge is 2.23. The summed E-state index contributed by atoms with van der Waals surface area (Å²) in [6, 6.07) is 10.8. The number of carbonyl (C=O) groups is 2. The molecule has 7 nitrogen and oxygen atoms in total. The number of aliphatic carboxylic acids is 1. The number of halogens is 1. The van der Waals surface area contributed by atoms with Gasteiger partial charge in [0, 0.05) is 5.39 Å². The number of carbonyl (C=O) groups excluding carboxylic acids is 1. The second-order valence-electron chi connectivity index (χ2n) is 6.28. The van der Waals surface area contributed by atoms with E-state index in [0.29, 0.717) is 0 Å². The van der Waals surface area contributed by atoms with Gasteiger partial charge in [0.1, 0.15) is 23.7 Å². The van der Waals surface area contributed by atoms with Crippen LogP contribution >= 0.6 is 0 Å². The molecule has 144 valence electrons.